The molecule has 2 rings (SSSR count). The van der Waals surface area contributed by atoms with E-state index in [9.17, 15) is 4.79 Å². The average Bonchev–Trinajstić information content (AvgIpc) is 2.41. The van der Waals surface area contributed by atoms with Crippen molar-refractivity contribution in [3.63, 3.8) is 0 Å². The van der Waals surface area contributed by atoms with Crippen molar-refractivity contribution in [1.29, 1.82) is 0 Å². The average molecular weight is 252 g/mol. The van der Waals surface area contributed by atoms with Gasteiger partial charge in [-0.3, -0.25) is 4.79 Å². The summed E-state index contributed by atoms with van der Waals surface area (Å²) in [6.07, 6.45) is 2.91. The van der Waals surface area contributed by atoms with Crippen LogP contribution in [0.25, 0.3) is 0 Å². The van der Waals surface area contributed by atoms with Crippen LogP contribution in [-0.4, -0.2) is 6.29 Å². The second-order valence-electron chi connectivity index (χ2n) is 5.23. The minimum atomic E-state index is 0.759. The molecule has 1 heteroatoms. The summed E-state index contributed by atoms with van der Waals surface area (Å²) in [7, 11) is 0. The number of rotatable bonds is 4. The summed E-state index contributed by atoms with van der Waals surface area (Å²) in [6, 6.07) is 12.4. The van der Waals surface area contributed by atoms with Gasteiger partial charge in [-0.15, -0.1) is 0 Å². The predicted molar refractivity (Wildman–Crippen MR) is 79.9 cm³/mol. The highest BCUT2D eigenvalue weighted by Gasteiger charge is 2.03. The van der Waals surface area contributed by atoms with Gasteiger partial charge in [0, 0.05) is 5.56 Å². The zero-order chi connectivity index (χ0) is 13.8. The van der Waals surface area contributed by atoms with E-state index >= 15 is 0 Å². The highest BCUT2D eigenvalue weighted by atomic mass is 16.1. The summed E-state index contributed by atoms with van der Waals surface area (Å²) >= 11 is 0. The molecule has 19 heavy (non-hydrogen) atoms. The molecule has 0 spiro atoms. The number of carbonyl (C=O) groups excluding carboxylic acids is 1. The molecule has 0 fully saturated rings. The first-order valence-electron chi connectivity index (χ1n) is 6.71. The van der Waals surface area contributed by atoms with Crippen molar-refractivity contribution in [3.05, 3.63) is 69.8 Å². The lowest BCUT2D eigenvalue weighted by Crippen LogP contribution is -1.97. The van der Waals surface area contributed by atoms with Crippen LogP contribution in [0.4, 0.5) is 0 Å². The van der Waals surface area contributed by atoms with Gasteiger partial charge in [0.25, 0.3) is 0 Å². The molecule has 1 nitrogen and oxygen atoms in total. The van der Waals surface area contributed by atoms with Gasteiger partial charge < -0.3 is 0 Å². The zero-order valence-electron chi connectivity index (χ0n) is 11.9. The van der Waals surface area contributed by atoms with E-state index in [0.29, 0.717) is 0 Å². The molecule has 2 aromatic carbocycles. The van der Waals surface area contributed by atoms with E-state index in [1.807, 2.05) is 18.2 Å². The lowest BCUT2D eigenvalue weighted by molar-refractivity contribution is 0.112. The molecule has 0 amide bonds. The third-order valence-corrected chi connectivity index (χ3v) is 3.72. The molecule has 2 aromatic rings. The third-order valence-electron chi connectivity index (χ3n) is 3.72. The summed E-state index contributed by atoms with van der Waals surface area (Å²) in [5.41, 5.74) is 7.44. The smallest absolute Gasteiger partial charge is 0.150 e. The number of aldehydes is 1. The van der Waals surface area contributed by atoms with Gasteiger partial charge in [0.05, 0.1) is 0 Å². The van der Waals surface area contributed by atoms with Crippen LogP contribution in [0.2, 0.25) is 0 Å². The Balaban J connectivity index is 2.14. The Morgan fingerprint density at radius 1 is 0.895 bits per heavy atom. The van der Waals surface area contributed by atoms with E-state index in [-0.39, 0.29) is 0 Å². The molecule has 0 aliphatic carbocycles. The second-order valence-corrected chi connectivity index (χ2v) is 5.23. The van der Waals surface area contributed by atoms with Gasteiger partial charge >= 0.3 is 0 Å². The third kappa shape index (κ3) is 3.31. The molecule has 98 valence electrons. The predicted octanol–water partition coefficient (Wildman–Crippen LogP) is 4.21. The monoisotopic (exact) mass is 252 g/mol. The van der Waals surface area contributed by atoms with E-state index in [4.69, 9.17) is 0 Å². The van der Waals surface area contributed by atoms with Crippen LogP contribution < -0.4 is 0 Å². The fourth-order valence-corrected chi connectivity index (χ4v) is 2.39. The molecule has 0 unspecified atom stereocenters. The quantitative estimate of drug-likeness (QED) is 0.745. The largest absolute Gasteiger partial charge is 0.298 e. The molecule has 0 aliphatic heterocycles. The molecule has 0 aromatic heterocycles. The molecule has 0 saturated carbocycles. The molecular weight excluding hydrogens is 232 g/mol. The maximum atomic E-state index is 10.8. The van der Waals surface area contributed by atoms with Crippen LogP contribution in [0.1, 0.15) is 38.2 Å². The Morgan fingerprint density at radius 2 is 1.63 bits per heavy atom. The van der Waals surface area contributed by atoms with Crippen molar-refractivity contribution >= 4 is 6.29 Å². The first kappa shape index (κ1) is 13.5. The van der Waals surface area contributed by atoms with Gasteiger partial charge in [-0.1, -0.05) is 30.3 Å². The minimum Gasteiger partial charge on any atom is -0.298 e. The summed E-state index contributed by atoms with van der Waals surface area (Å²) in [4.78, 5) is 10.8. The fraction of sp³-hybridized carbons (Fsp3) is 0.278. The summed E-state index contributed by atoms with van der Waals surface area (Å²) in [6.45, 7) is 6.48. The van der Waals surface area contributed by atoms with E-state index in [1.165, 1.54) is 27.8 Å². The first-order chi connectivity index (χ1) is 9.10. The highest BCUT2D eigenvalue weighted by molar-refractivity contribution is 5.74. The topological polar surface area (TPSA) is 17.1 Å². The van der Waals surface area contributed by atoms with Gasteiger partial charge in [-0.25, -0.2) is 0 Å². The molecule has 0 atom stereocenters. The Hall–Kier alpha value is -1.89. The van der Waals surface area contributed by atoms with Crippen molar-refractivity contribution in [1.82, 2.24) is 0 Å². The normalized spacial score (nSPS) is 10.5. The number of hydrogen-bond acceptors (Lipinski definition) is 1. The fourth-order valence-electron chi connectivity index (χ4n) is 2.39. The minimum absolute atomic E-state index is 0.759. The van der Waals surface area contributed by atoms with Crippen LogP contribution in [0, 0.1) is 20.8 Å². The van der Waals surface area contributed by atoms with E-state index < -0.39 is 0 Å². The van der Waals surface area contributed by atoms with E-state index in [1.54, 1.807) is 0 Å². The molecule has 0 heterocycles. The Morgan fingerprint density at radius 3 is 2.37 bits per heavy atom. The molecule has 0 saturated heterocycles. The number of aryl methyl sites for hydroxylation is 5. The summed E-state index contributed by atoms with van der Waals surface area (Å²) in [5, 5.41) is 0. The van der Waals surface area contributed by atoms with Crippen molar-refractivity contribution in [2.45, 2.75) is 33.6 Å². The first-order valence-corrected chi connectivity index (χ1v) is 6.71. The molecule has 0 radical (unpaired) electrons. The van der Waals surface area contributed by atoms with Gasteiger partial charge in [0.15, 0.2) is 0 Å². The van der Waals surface area contributed by atoms with Crippen LogP contribution in [0.15, 0.2) is 36.4 Å². The molecule has 0 N–H and O–H groups in total. The molecule has 0 bridgehead atoms. The summed E-state index contributed by atoms with van der Waals surface area (Å²) in [5.74, 6) is 0. The Kier molecular flexibility index (Phi) is 4.16. The van der Waals surface area contributed by atoms with Crippen molar-refractivity contribution in [2.24, 2.45) is 0 Å². The zero-order valence-corrected chi connectivity index (χ0v) is 11.9. The molecular formula is C18H20O. The lowest BCUT2D eigenvalue weighted by atomic mass is 9.96. The van der Waals surface area contributed by atoms with Crippen molar-refractivity contribution < 1.29 is 4.79 Å². The number of benzene rings is 2. The maximum Gasteiger partial charge on any atom is 0.150 e. The molecule has 0 aliphatic rings. The van der Waals surface area contributed by atoms with Gasteiger partial charge in [-0.2, -0.15) is 0 Å². The van der Waals surface area contributed by atoms with Gasteiger partial charge in [0.2, 0.25) is 0 Å². The Labute approximate surface area is 115 Å². The number of carbonyl (C=O) groups is 1. The maximum absolute atomic E-state index is 10.8. The SMILES string of the molecule is Cc1cc(C)c(CCc2cccc(C=O)c2)cc1C. The van der Waals surface area contributed by atoms with Crippen molar-refractivity contribution in [2.75, 3.05) is 0 Å². The van der Waals surface area contributed by atoms with Crippen LogP contribution in [-0.2, 0) is 12.8 Å². The van der Waals surface area contributed by atoms with Crippen LogP contribution in [0.5, 0.6) is 0 Å². The lowest BCUT2D eigenvalue weighted by Gasteiger charge is -2.10. The van der Waals surface area contributed by atoms with Gasteiger partial charge in [-0.05, 0) is 67.5 Å². The van der Waals surface area contributed by atoms with Crippen molar-refractivity contribution in [3.8, 4) is 0 Å². The Bertz CT molecular complexity index is 597. The van der Waals surface area contributed by atoms with E-state index in [2.05, 4.69) is 39.0 Å². The number of hydrogen-bond donors (Lipinski definition) is 0. The van der Waals surface area contributed by atoms with Crippen LogP contribution in [0.3, 0.4) is 0 Å². The standard InChI is InChI=1S/C18H20O/c1-13-9-15(3)18(10-14(13)2)8-7-16-5-4-6-17(11-16)12-19/h4-6,9-12H,7-8H2,1-3H3. The van der Waals surface area contributed by atoms with Crippen LogP contribution >= 0.6 is 0 Å². The highest BCUT2D eigenvalue weighted by Crippen LogP contribution is 2.17. The summed E-state index contributed by atoms with van der Waals surface area (Å²) < 4.78 is 0. The van der Waals surface area contributed by atoms with Gasteiger partial charge in [0.1, 0.15) is 6.29 Å². The van der Waals surface area contributed by atoms with E-state index in [0.717, 1.165) is 24.7 Å². The second kappa shape index (κ2) is 5.83.